The highest BCUT2D eigenvalue weighted by Crippen LogP contribution is 2.42. The van der Waals surface area contributed by atoms with Gasteiger partial charge in [-0.25, -0.2) is 4.98 Å². The zero-order valence-corrected chi connectivity index (χ0v) is 15.5. The number of rotatable bonds is 3. The van der Waals surface area contributed by atoms with Crippen LogP contribution < -0.4 is 10.2 Å². The summed E-state index contributed by atoms with van der Waals surface area (Å²) in [6, 6.07) is 14.8. The average Bonchev–Trinajstić information content (AvgIpc) is 2.98. The Bertz CT molecular complexity index is 1150. The van der Waals surface area contributed by atoms with Gasteiger partial charge in [0.25, 0.3) is 5.91 Å². The van der Waals surface area contributed by atoms with Crippen LogP contribution in [0.25, 0.3) is 10.8 Å². The number of carbonyl (C=O) groups excluding carboxylic acids is 3. The van der Waals surface area contributed by atoms with Crippen molar-refractivity contribution in [1.29, 1.82) is 0 Å². The lowest BCUT2D eigenvalue weighted by Gasteiger charge is -2.29. The van der Waals surface area contributed by atoms with Crippen molar-refractivity contribution in [3.63, 3.8) is 0 Å². The van der Waals surface area contributed by atoms with Gasteiger partial charge in [-0.2, -0.15) is 0 Å². The van der Waals surface area contributed by atoms with Crippen LogP contribution in [0.1, 0.15) is 23.2 Å². The zero-order valence-electron chi connectivity index (χ0n) is 14.7. The Morgan fingerprint density at radius 2 is 1.86 bits per heavy atom. The summed E-state index contributed by atoms with van der Waals surface area (Å²) in [7, 11) is 0. The largest absolute Gasteiger partial charge is 0.295 e. The number of pyridine rings is 1. The molecular weight excluding hydrogens is 374 g/mol. The Labute approximate surface area is 164 Å². The lowest BCUT2D eigenvalue weighted by molar-refractivity contribution is -0.134. The fourth-order valence-corrected chi connectivity index (χ4v) is 4.69. The van der Waals surface area contributed by atoms with Crippen molar-refractivity contribution in [2.45, 2.75) is 28.7 Å². The van der Waals surface area contributed by atoms with E-state index < -0.39 is 11.9 Å². The predicted octanol–water partition coefficient (Wildman–Crippen LogP) is 3.15. The molecule has 5 rings (SSSR count). The summed E-state index contributed by atoms with van der Waals surface area (Å²) < 4.78 is 0. The number of nitrogens with one attached hydrogen (secondary N) is 1. The Hall–Kier alpha value is -3.19. The molecule has 2 aliphatic heterocycles. The molecule has 1 aromatic heterocycles. The minimum absolute atomic E-state index is 0.210. The number of nitrogens with zero attached hydrogens (tertiary/aromatic N) is 2. The van der Waals surface area contributed by atoms with Crippen LogP contribution in [0.3, 0.4) is 0 Å². The van der Waals surface area contributed by atoms with Gasteiger partial charge in [-0.1, -0.05) is 42.1 Å². The lowest BCUT2D eigenvalue weighted by Crippen LogP contribution is -2.53. The van der Waals surface area contributed by atoms with Crippen LogP contribution in [0.4, 0.5) is 5.82 Å². The molecule has 3 aromatic rings. The van der Waals surface area contributed by atoms with Gasteiger partial charge in [0.15, 0.2) is 0 Å². The molecule has 3 heterocycles. The molecule has 7 heteroatoms. The Balaban J connectivity index is 1.61. The predicted molar refractivity (Wildman–Crippen MR) is 105 cm³/mol. The third-order valence-electron chi connectivity index (χ3n) is 5.03. The summed E-state index contributed by atoms with van der Waals surface area (Å²) in [5.41, 5.74) is 0.542. The first kappa shape index (κ1) is 16.9. The number of anilines is 1. The normalized spacial score (nSPS) is 18.6. The van der Waals surface area contributed by atoms with Gasteiger partial charge in [0.2, 0.25) is 11.8 Å². The molecule has 2 aromatic carbocycles. The van der Waals surface area contributed by atoms with Crippen molar-refractivity contribution in [2.75, 3.05) is 4.90 Å². The van der Waals surface area contributed by atoms with Gasteiger partial charge < -0.3 is 0 Å². The van der Waals surface area contributed by atoms with Crippen molar-refractivity contribution in [2.24, 2.45) is 0 Å². The summed E-state index contributed by atoms with van der Waals surface area (Å²) in [5.74, 6) is -0.514. The first-order valence-corrected chi connectivity index (χ1v) is 9.77. The molecule has 1 saturated heterocycles. The highest BCUT2D eigenvalue weighted by atomic mass is 32.2. The second kappa shape index (κ2) is 6.45. The molecule has 1 N–H and O–H groups in total. The van der Waals surface area contributed by atoms with E-state index in [2.05, 4.69) is 10.3 Å². The molecule has 3 amide bonds. The van der Waals surface area contributed by atoms with E-state index in [1.165, 1.54) is 4.90 Å². The summed E-state index contributed by atoms with van der Waals surface area (Å²) >= 11 is 1.58. The van der Waals surface area contributed by atoms with Crippen molar-refractivity contribution in [1.82, 2.24) is 10.3 Å². The highest BCUT2D eigenvalue weighted by molar-refractivity contribution is 7.99. The molecule has 0 saturated carbocycles. The SMILES string of the molecule is O=C1CCC(N2C(=O)c3cccc4c(Sc5ccccc5)cnc2c34)C(=O)N1. The minimum Gasteiger partial charge on any atom is -0.295 e. The van der Waals surface area contributed by atoms with Crippen molar-refractivity contribution < 1.29 is 14.4 Å². The van der Waals surface area contributed by atoms with Crippen LogP contribution in [-0.4, -0.2) is 28.7 Å². The molecular formula is C21H15N3O3S. The van der Waals surface area contributed by atoms with Crippen molar-refractivity contribution >= 4 is 46.1 Å². The number of carbonyl (C=O) groups is 3. The number of benzene rings is 2. The van der Waals surface area contributed by atoms with Crippen molar-refractivity contribution in [3.8, 4) is 0 Å². The average molecular weight is 389 g/mol. The molecule has 0 spiro atoms. The molecule has 28 heavy (non-hydrogen) atoms. The fraction of sp³-hybridized carbons (Fsp3) is 0.143. The molecule has 0 radical (unpaired) electrons. The van der Waals surface area contributed by atoms with E-state index in [9.17, 15) is 14.4 Å². The summed E-state index contributed by atoms with van der Waals surface area (Å²) in [6.45, 7) is 0. The van der Waals surface area contributed by atoms with E-state index >= 15 is 0 Å². The monoisotopic (exact) mass is 389 g/mol. The number of aromatic nitrogens is 1. The molecule has 1 atom stereocenters. The number of hydrogen-bond donors (Lipinski definition) is 1. The van der Waals surface area contributed by atoms with E-state index in [0.29, 0.717) is 17.8 Å². The molecule has 1 fully saturated rings. The molecule has 2 aliphatic rings. The number of imide groups is 1. The maximum absolute atomic E-state index is 13.1. The van der Waals surface area contributed by atoms with Crippen LogP contribution in [0, 0.1) is 0 Å². The van der Waals surface area contributed by atoms with Crippen LogP contribution in [-0.2, 0) is 9.59 Å². The fourth-order valence-electron chi connectivity index (χ4n) is 3.75. The minimum atomic E-state index is -0.721. The molecule has 0 bridgehead atoms. The van der Waals surface area contributed by atoms with Gasteiger partial charge in [-0.3, -0.25) is 24.6 Å². The van der Waals surface area contributed by atoms with E-state index in [1.54, 1.807) is 24.0 Å². The Morgan fingerprint density at radius 1 is 1.04 bits per heavy atom. The third kappa shape index (κ3) is 2.58. The van der Waals surface area contributed by atoms with Gasteiger partial charge in [-0.15, -0.1) is 0 Å². The zero-order chi connectivity index (χ0) is 19.3. The van der Waals surface area contributed by atoms with Gasteiger partial charge in [0.05, 0.1) is 5.56 Å². The first-order valence-electron chi connectivity index (χ1n) is 8.95. The first-order chi connectivity index (χ1) is 13.6. The molecule has 6 nitrogen and oxygen atoms in total. The van der Waals surface area contributed by atoms with E-state index in [-0.39, 0.29) is 18.2 Å². The highest BCUT2D eigenvalue weighted by Gasteiger charge is 2.41. The summed E-state index contributed by atoms with van der Waals surface area (Å²) in [6.07, 6.45) is 2.26. The van der Waals surface area contributed by atoms with Crippen LogP contribution in [0.15, 0.2) is 64.5 Å². The quantitative estimate of drug-likeness (QED) is 0.696. The van der Waals surface area contributed by atoms with E-state index in [1.807, 2.05) is 42.5 Å². The second-order valence-electron chi connectivity index (χ2n) is 6.73. The number of amides is 3. The van der Waals surface area contributed by atoms with Crippen molar-refractivity contribution in [3.05, 3.63) is 60.3 Å². The Morgan fingerprint density at radius 3 is 2.64 bits per heavy atom. The molecule has 1 unspecified atom stereocenters. The number of piperidine rings is 1. The number of hydrogen-bond acceptors (Lipinski definition) is 5. The Kier molecular flexibility index (Phi) is 3.91. The van der Waals surface area contributed by atoms with Crippen LogP contribution in [0.5, 0.6) is 0 Å². The molecule has 138 valence electrons. The van der Waals surface area contributed by atoms with Crippen LogP contribution in [0.2, 0.25) is 0 Å². The maximum Gasteiger partial charge on any atom is 0.260 e. The third-order valence-corrected chi connectivity index (χ3v) is 6.08. The smallest absolute Gasteiger partial charge is 0.260 e. The van der Waals surface area contributed by atoms with Gasteiger partial charge in [-0.05, 0) is 24.6 Å². The van der Waals surface area contributed by atoms with E-state index in [4.69, 9.17) is 0 Å². The lowest BCUT2D eigenvalue weighted by atomic mass is 10.0. The second-order valence-corrected chi connectivity index (χ2v) is 7.85. The maximum atomic E-state index is 13.1. The van der Waals surface area contributed by atoms with Gasteiger partial charge in [0, 0.05) is 33.2 Å². The summed E-state index contributed by atoms with van der Waals surface area (Å²) in [4.78, 5) is 45.0. The standard InChI is InChI=1S/C21H15N3O3S/c25-17-10-9-15(20(26)23-17)24-19-18-13(7-4-8-14(18)21(24)27)16(11-22-19)28-12-5-2-1-3-6-12/h1-8,11,15H,9-10H2,(H,23,25,26). The van der Waals surface area contributed by atoms with Gasteiger partial charge >= 0.3 is 0 Å². The molecule has 0 aliphatic carbocycles. The summed E-state index contributed by atoms with van der Waals surface area (Å²) in [5, 5.41) is 4.02. The van der Waals surface area contributed by atoms with Crippen LogP contribution >= 0.6 is 11.8 Å². The topological polar surface area (TPSA) is 79.4 Å². The van der Waals surface area contributed by atoms with Gasteiger partial charge in [0.1, 0.15) is 11.9 Å². The van der Waals surface area contributed by atoms with E-state index in [0.717, 1.165) is 20.6 Å².